The zero-order valence-electron chi connectivity index (χ0n) is 9.75. The summed E-state index contributed by atoms with van der Waals surface area (Å²) in [5.74, 6) is -0.0131. The van der Waals surface area contributed by atoms with Gasteiger partial charge in [-0.3, -0.25) is 10.1 Å². The molecular weight excluding hydrogens is 224 g/mol. The van der Waals surface area contributed by atoms with E-state index in [4.69, 9.17) is 11.6 Å². The highest BCUT2D eigenvalue weighted by molar-refractivity contribution is 6.30. The highest BCUT2D eigenvalue weighted by Gasteiger charge is 2.14. The zero-order chi connectivity index (χ0) is 12.1. The van der Waals surface area contributed by atoms with Gasteiger partial charge in [0.25, 0.3) is 0 Å². The zero-order valence-corrected chi connectivity index (χ0v) is 10.5. The van der Waals surface area contributed by atoms with Gasteiger partial charge >= 0.3 is 0 Å². The van der Waals surface area contributed by atoms with E-state index in [9.17, 15) is 4.79 Å². The predicted molar refractivity (Wildman–Crippen MR) is 66.5 cm³/mol. The van der Waals surface area contributed by atoms with Crippen LogP contribution in [0.25, 0.3) is 0 Å². The van der Waals surface area contributed by atoms with Gasteiger partial charge in [-0.25, -0.2) is 0 Å². The smallest absolute Gasteiger partial charge is 0.236 e. The van der Waals surface area contributed by atoms with Gasteiger partial charge in [-0.1, -0.05) is 23.7 Å². The molecule has 0 aliphatic heterocycles. The number of carbonyl (C=O) groups excluding carboxylic acids is 1. The van der Waals surface area contributed by atoms with Crippen LogP contribution >= 0.6 is 11.6 Å². The average Bonchev–Trinajstić information content (AvgIpc) is 2.28. The number of carbonyl (C=O) groups is 1. The summed E-state index contributed by atoms with van der Waals surface area (Å²) in [7, 11) is 1.63. The summed E-state index contributed by atoms with van der Waals surface area (Å²) in [6, 6.07) is 7.51. The fraction of sp³-hybridized carbons (Fsp3) is 0.417. The number of benzene rings is 1. The minimum absolute atomic E-state index is 0.0131. The molecule has 0 aliphatic carbocycles. The third-order valence-corrected chi connectivity index (χ3v) is 2.76. The second kappa shape index (κ2) is 5.87. The number of rotatable bonds is 4. The average molecular weight is 241 g/mol. The van der Waals surface area contributed by atoms with Gasteiger partial charge in [0.2, 0.25) is 5.91 Å². The SMILES string of the molecule is CNC(=O)C(C)N[C@@H](C)c1ccc(Cl)cc1. The molecule has 0 fully saturated rings. The van der Waals surface area contributed by atoms with E-state index in [0.29, 0.717) is 0 Å². The van der Waals surface area contributed by atoms with Crippen LogP contribution in [0.2, 0.25) is 5.02 Å². The molecule has 0 saturated heterocycles. The first-order chi connectivity index (χ1) is 7.54. The van der Waals surface area contributed by atoms with Crippen LogP contribution in [-0.4, -0.2) is 19.0 Å². The highest BCUT2D eigenvalue weighted by Crippen LogP contribution is 2.16. The molecule has 1 aromatic carbocycles. The summed E-state index contributed by atoms with van der Waals surface area (Å²) in [6.45, 7) is 3.86. The Labute approximate surface area is 101 Å². The molecule has 2 atom stereocenters. The topological polar surface area (TPSA) is 41.1 Å². The van der Waals surface area contributed by atoms with E-state index in [1.165, 1.54) is 0 Å². The monoisotopic (exact) mass is 240 g/mol. The molecule has 0 aliphatic rings. The van der Waals surface area contributed by atoms with E-state index in [-0.39, 0.29) is 18.0 Å². The van der Waals surface area contributed by atoms with Crippen molar-refractivity contribution in [3.8, 4) is 0 Å². The standard InChI is InChI=1S/C12H17ClN2O/c1-8(15-9(2)12(16)14-3)10-4-6-11(13)7-5-10/h4-9,15H,1-3H3,(H,14,16)/t8-,9?/m0/s1. The predicted octanol–water partition coefficient (Wildman–Crippen LogP) is 2.13. The van der Waals surface area contributed by atoms with Crippen LogP contribution in [-0.2, 0) is 4.79 Å². The summed E-state index contributed by atoms with van der Waals surface area (Å²) in [6.07, 6.45) is 0. The number of hydrogen-bond donors (Lipinski definition) is 2. The van der Waals surface area contributed by atoms with Crippen LogP contribution in [0.4, 0.5) is 0 Å². The Morgan fingerprint density at radius 1 is 1.25 bits per heavy atom. The Morgan fingerprint density at radius 2 is 1.81 bits per heavy atom. The van der Waals surface area contributed by atoms with E-state index < -0.39 is 0 Å². The Kier molecular flexibility index (Phi) is 4.77. The quantitative estimate of drug-likeness (QED) is 0.847. The van der Waals surface area contributed by atoms with Crippen molar-refractivity contribution in [2.24, 2.45) is 0 Å². The lowest BCUT2D eigenvalue weighted by Gasteiger charge is -2.19. The van der Waals surface area contributed by atoms with E-state index in [1.807, 2.05) is 38.1 Å². The molecule has 1 rings (SSSR count). The number of likely N-dealkylation sites (N-methyl/N-ethyl adjacent to an activating group) is 1. The van der Waals surface area contributed by atoms with Gasteiger partial charge in [0, 0.05) is 18.1 Å². The fourth-order valence-corrected chi connectivity index (χ4v) is 1.64. The van der Waals surface area contributed by atoms with Gasteiger partial charge in [0.05, 0.1) is 6.04 Å². The van der Waals surface area contributed by atoms with E-state index in [2.05, 4.69) is 10.6 Å². The minimum atomic E-state index is -0.212. The molecule has 1 aromatic rings. The van der Waals surface area contributed by atoms with Crippen LogP contribution in [0.5, 0.6) is 0 Å². The van der Waals surface area contributed by atoms with Gasteiger partial charge in [0.15, 0.2) is 0 Å². The number of halogens is 1. The van der Waals surface area contributed by atoms with Crippen molar-refractivity contribution in [2.75, 3.05) is 7.05 Å². The van der Waals surface area contributed by atoms with Crippen molar-refractivity contribution < 1.29 is 4.79 Å². The van der Waals surface area contributed by atoms with Crippen molar-refractivity contribution in [3.05, 3.63) is 34.9 Å². The minimum Gasteiger partial charge on any atom is -0.358 e. The lowest BCUT2D eigenvalue weighted by atomic mass is 10.1. The lowest BCUT2D eigenvalue weighted by Crippen LogP contribution is -2.41. The molecule has 0 aromatic heterocycles. The Bertz CT molecular complexity index is 351. The van der Waals surface area contributed by atoms with Crippen LogP contribution in [0.15, 0.2) is 24.3 Å². The second-order valence-electron chi connectivity index (χ2n) is 3.78. The summed E-state index contributed by atoms with van der Waals surface area (Å²) in [4.78, 5) is 11.3. The molecule has 1 unspecified atom stereocenters. The molecule has 2 N–H and O–H groups in total. The third kappa shape index (κ3) is 3.51. The Hall–Kier alpha value is -1.06. The largest absolute Gasteiger partial charge is 0.358 e. The summed E-state index contributed by atoms with van der Waals surface area (Å²) in [5, 5.41) is 6.54. The molecule has 0 spiro atoms. The maximum atomic E-state index is 11.3. The van der Waals surface area contributed by atoms with Crippen LogP contribution in [0, 0.1) is 0 Å². The maximum Gasteiger partial charge on any atom is 0.236 e. The number of hydrogen-bond acceptors (Lipinski definition) is 2. The van der Waals surface area contributed by atoms with E-state index in [1.54, 1.807) is 7.05 Å². The molecule has 3 nitrogen and oxygen atoms in total. The van der Waals surface area contributed by atoms with Crippen LogP contribution in [0.1, 0.15) is 25.5 Å². The molecule has 0 heterocycles. The second-order valence-corrected chi connectivity index (χ2v) is 4.21. The van der Waals surface area contributed by atoms with Gasteiger partial charge in [-0.2, -0.15) is 0 Å². The molecule has 4 heteroatoms. The molecule has 88 valence electrons. The fourth-order valence-electron chi connectivity index (χ4n) is 1.51. The first-order valence-corrected chi connectivity index (χ1v) is 5.65. The molecule has 1 amide bonds. The highest BCUT2D eigenvalue weighted by atomic mass is 35.5. The first kappa shape index (κ1) is 13.0. The van der Waals surface area contributed by atoms with Gasteiger partial charge in [-0.05, 0) is 31.5 Å². The Balaban J connectivity index is 2.61. The van der Waals surface area contributed by atoms with Gasteiger partial charge in [0.1, 0.15) is 0 Å². The summed E-state index contributed by atoms with van der Waals surface area (Å²) >= 11 is 5.81. The molecule has 0 bridgehead atoms. The maximum absolute atomic E-state index is 11.3. The number of amides is 1. The van der Waals surface area contributed by atoms with Gasteiger partial charge in [-0.15, -0.1) is 0 Å². The lowest BCUT2D eigenvalue weighted by molar-refractivity contribution is -0.122. The third-order valence-electron chi connectivity index (χ3n) is 2.51. The molecule has 0 saturated carbocycles. The Morgan fingerprint density at radius 3 is 2.31 bits per heavy atom. The molecular formula is C12H17ClN2O. The van der Waals surface area contributed by atoms with Crippen molar-refractivity contribution in [3.63, 3.8) is 0 Å². The van der Waals surface area contributed by atoms with Crippen molar-refractivity contribution in [2.45, 2.75) is 25.9 Å². The molecule has 16 heavy (non-hydrogen) atoms. The van der Waals surface area contributed by atoms with E-state index >= 15 is 0 Å². The van der Waals surface area contributed by atoms with E-state index in [0.717, 1.165) is 10.6 Å². The van der Waals surface area contributed by atoms with Crippen molar-refractivity contribution in [1.29, 1.82) is 0 Å². The van der Waals surface area contributed by atoms with Crippen LogP contribution < -0.4 is 10.6 Å². The van der Waals surface area contributed by atoms with Gasteiger partial charge < -0.3 is 5.32 Å². The molecule has 0 radical (unpaired) electrons. The normalized spacial score (nSPS) is 14.2. The summed E-state index contributed by atoms with van der Waals surface area (Å²) < 4.78 is 0. The first-order valence-electron chi connectivity index (χ1n) is 5.27. The van der Waals surface area contributed by atoms with Crippen molar-refractivity contribution >= 4 is 17.5 Å². The van der Waals surface area contributed by atoms with Crippen LogP contribution in [0.3, 0.4) is 0 Å². The van der Waals surface area contributed by atoms with Crippen molar-refractivity contribution in [1.82, 2.24) is 10.6 Å². The summed E-state index contributed by atoms with van der Waals surface area (Å²) in [5.41, 5.74) is 1.11. The number of nitrogens with one attached hydrogen (secondary N) is 2.